The molecule has 1 fully saturated rings. The number of rotatable bonds is 6. The van der Waals surface area contributed by atoms with Crippen LogP contribution >= 0.6 is 22.9 Å². The van der Waals surface area contributed by atoms with Crippen LogP contribution in [-0.2, 0) is 0 Å². The van der Waals surface area contributed by atoms with Crippen molar-refractivity contribution in [3.63, 3.8) is 0 Å². The van der Waals surface area contributed by atoms with E-state index in [0.717, 1.165) is 37.6 Å². The molecule has 1 unspecified atom stereocenters. The number of carbonyl (C=O) groups excluding carboxylic acids is 1. The maximum absolute atomic E-state index is 12.9. The third-order valence-electron chi connectivity index (χ3n) is 5.49. The van der Waals surface area contributed by atoms with Crippen molar-refractivity contribution >= 4 is 46.2 Å². The Hall–Kier alpha value is -2.79. The van der Waals surface area contributed by atoms with E-state index in [1.165, 1.54) is 17.5 Å². The summed E-state index contributed by atoms with van der Waals surface area (Å²) >= 11 is 7.83. The number of hydrazine groups is 1. The zero-order chi connectivity index (χ0) is 23.5. The Bertz CT molecular complexity index is 1100. The Balaban J connectivity index is 1.70. The zero-order valence-electron chi connectivity index (χ0n) is 18.7. The molecule has 0 aliphatic carbocycles. The maximum Gasteiger partial charge on any atom is 0.281 e. The fourth-order valence-electron chi connectivity index (χ4n) is 3.76. The van der Waals surface area contributed by atoms with Gasteiger partial charge in [-0.3, -0.25) is 20.1 Å². The van der Waals surface area contributed by atoms with Crippen LogP contribution in [-0.4, -0.2) is 63.3 Å². The number of nitrogens with zero attached hydrogens (tertiary/aromatic N) is 6. The fourth-order valence-corrected chi connectivity index (χ4v) is 4.57. The number of hydrogen-bond donors (Lipinski definition) is 2. The smallest absolute Gasteiger partial charge is 0.281 e. The highest BCUT2D eigenvalue weighted by Crippen LogP contribution is 2.34. The number of aromatic nitrogens is 3. The van der Waals surface area contributed by atoms with Gasteiger partial charge in [-0.15, -0.1) is 11.3 Å². The molecule has 1 aliphatic rings. The number of nitrogens with one attached hydrogen (secondary N) is 1. The van der Waals surface area contributed by atoms with Crippen LogP contribution in [0.25, 0.3) is 0 Å². The highest BCUT2D eigenvalue weighted by Gasteiger charge is 2.25. The van der Waals surface area contributed by atoms with Crippen molar-refractivity contribution in [2.75, 3.05) is 36.1 Å². The lowest BCUT2D eigenvalue weighted by Gasteiger charge is -2.37. The van der Waals surface area contributed by atoms with E-state index in [9.17, 15) is 9.90 Å². The van der Waals surface area contributed by atoms with E-state index in [0.29, 0.717) is 27.2 Å². The monoisotopic (exact) mass is 487 g/mol. The predicted octanol–water partition coefficient (Wildman–Crippen LogP) is 3.15. The summed E-state index contributed by atoms with van der Waals surface area (Å²) in [6.07, 6.45) is 1.05. The van der Waals surface area contributed by atoms with E-state index in [1.807, 2.05) is 36.9 Å². The fraction of sp³-hybridized carbons (Fsp3) is 0.364. The molecule has 3 aromatic rings. The number of aliphatic hydroxyl groups excluding tert-OH is 1. The third-order valence-corrected chi connectivity index (χ3v) is 6.57. The number of halogens is 1. The number of aryl methyl sites for hydroxylation is 2. The summed E-state index contributed by atoms with van der Waals surface area (Å²) in [4.78, 5) is 30.8. The van der Waals surface area contributed by atoms with Crippen molar-refractivity contribution in [2.45, 2.75) is 27.0 Å². The van der Waals surface area contributed by atoms with Crippen LogP contribution in [0.4, 0.5) is 17.3 Å². The van der Waals surface area contributed by atoms with Gasteiger partial charge in [0.15, 0.2) is 5.82 Å². The molecule has 0 saturated carbocycles. The molecule has 4 rings (SSSR count). The first kappa shape index (κ1) is 23.4. The molecular weight excluding hydrogens is 462 g/mol. The number of aliphatic hydroxyl groups is 1. The lowest BCUT2D eigenvalue weighted by Crippen LogP contribution is -2.50. The van der Waals surface area contributed by atoms with Gasteiger partial charge in [0, 0.05) is 32.2 Å². The zero-order valence-corrected chi connectivity index (χ0v) is 20.3. The van der Waals surface area contributed by atoms with Crippen LogP contribution < -0.4 is 15.3 Å². The molecule has 3 heterocycles. The molecule has 1 aliphatic heterocycles. The van der Waals surface area contributed by atoms with Crippen molar-refractivity contribution in [1.29, 1.82) is 0 Å². The highest BCUT2D eigenvalue weighted by molar-refractivity contribution is 7.11. The van der Waals surface area contributed by atoms with E-state index in [4.69, 9.17) is 11.6 Å². The number of carbonyl (C=O) groups is 1. The number of amides is 1. The molecule has 1 amide bonds. The van der Waals surface area contributed by atoms with Gasteiger partial charge in [0.25, 0.3) is 5.91 Å². The summed E-state index contributed by atoms with van der Waals surface area (Å²) in [5.74, 6) is 1.52. The molecule has 1 aromatic carbocycles. The van der Waals surface area contributed by atoms with Crippen molar-refractivity contribution in [3.05, 3.63) is 57.3 Å². The summed E-state index contributed by atoms with van der Waals surface area (Å²) in [5.41, 5.74) is 6.08. The molecule has 1 saturated heterocycles. The summed E-state index contributed by atoms with van der Waals surface area (Å²) in [5, 5.41) is 12.0. The third kappa shape index (κ3) is 5.25. The lowest BCUT2D eigenvalue weighted by atomic mass is 10.2. The van der Waals surface area contributed by atoms with Gasteiger partial charge in [-0.1, -0.05) is 23.7 Å². The Morgan fingerprint density at radius 2 is 2.00 bits per heavy atom. The number of piperazine rings is 1. The van der Waals surface area contributed by atoms with Gasteiger partial charge in [0.1, 0.15) is 22.7 Å². The van der Waals surface area contributed by atoms with Gasteiger partial charge >= 0.3 is 0 Å². The van der Waals surface area contributed by atoms with Gasteiger partial charge in [-0.05, 0) is 32.4 Å². The minimum atomic E-state index is -0.476. The van der Waals surface area contributed by atoms with Crippen LogP contribution in [0.1, 0.15) is 28.0 Å². The predicted molar refractivity (Wildman–Crippen MR) is 130 cm³/mol. The highest BCUT2D eigenvalue weighted by atomic mass is 35.5. The van der Waals surface area contributed by atoms with Gasteiger partial charge in [0.2, 0.25) is 0 Å². The van der Waals surface area contributed by atoms with E-state index in [2.05, 4.69) is 25.3 Å². The van der Waals surface area contributed by atoms with E-state index in [-0.39, 0.29) is 5.91 Å². The number of para-hydroxylation sites is 1. The second-order valence-corrected chi connectivity index (χ2v) is 9.13. The van der Waals surface area contributed by atoms with Crippen molar-refractivity contribution in [3.8, 4) is 0 Å². The van der Waals surface area contributed by atoms with Crippen LogP contribution in [0.5, 0.6) is 0 Å². The summed E-state index contributed by atoms with van der Waals surface area (Å²) in [6.45, 7) is 8.42. The molecule has 0 radical (unpaired) electrons. The second-order valence-electron chi connectivity index (χ2n) is 7.83. The van der Waals surface area contributed by atoms with E-state index < -0.39 is 6.23 Å². The summed E-state index contributed by atoms with van der Waals surface area (Å²) in [7, 11) is 0. The van der Waals surface area contributed by atoms with Crippen LogP contribution in [0, 0.1) is 13.8 Å². The number of hydrogen-bond acceptors (Lipinski definition) is 9. The Morgan fingerprint density at radius 3 is 2.64 bits per heavy atom. The van der Waals surface area contributed by atoms with Gasteiger partial charge < -0.3 is 10.0 Å². The SMILES string of the molecule is Cc1nc(N2CCN(C(C)O)CC2)cc(N(NC(=O)c2cncs2)c2c(C)cccc2Cl)n1. The van der Waals surface area contributed by atoms with Crippen molar-refractivity contribution in [2.24, 2.45) is 0 Å². The first-order valence-electron chi connectivity index (χ1n) is 10.6. The summed E-state index contributed by atoms with van der Waals surface area (Å²) in [6, 6.07) is 7.42. The maximum atomic E-state index is 12.9. The molecule has 0 bridgehead atoms. The molecule has 33 heavy (non-hydrogen) atoms. The minimum Gasteiger partial charge on any atom is -0.379 e. The molecule has 9 nitrogen and oxygen atoms in total. The quantitative estimate of drug-likeness (QED) is 0.512. The average Bonchev–Trinajstić information content (AvgIpc) is 3.33. The normalized spacial score (nSPS) is 15.4. The van der Waals surface area contributed by atoms with Gasteiger partial charge in [-0.25, -0.2) is 15.0 Å². The second kappa shape index (κ2) is 10.0. The van der Waals surface area contributed by atoms with E-state index in [1.54, 1.807) is 23.5 Å². The molecule has 0 spiro atoms. The molecule has 11 heteroatoms. The van der Waals surface area contributed by atoms with Gasteiger partial charge in [-0.2, -0.15) is 0 Å². The Morgan fingerprint density at radius 1 is 1.24 bits per heavy atom. The molecule has 1 atom stereocenters. The lowest BCUT2D eigenvalue weighted by molar-refractivity contribution is 0.0152. The number of anilines is 3. The first-order chi connectivity index (χ1) is 15.8. The first-order valence-corrected chi connectivity index (χ1v) is 11.9. The number of thiazole rings is 1. The largest absolute Gasteiger partial charge is 0.379 e. The average molecular weight is 488 g/mol. The van der Waals surface area contributed by atoms with Crippen molar-refractivity contribution in [1.82, 2.24) is 25.3 Å². The Labute approximate surface area is 201 Å². The van der Waals surface area contributed by atoms with E-state index >= 15 is 0 Å². The van der Waals surface area contributed by atoms with Crippen LogP contribution in [0.2, 0.25) is 5.02 Å². The van der Waals surface area contributed by atoms with Gasteiger partial charge in [0.05, 0.1) is 22.4 Å². The Kier molecular flexibility index (Phi) is 7.08. The summed E-state index contributed by atoms with van der Waals surface area (Å²) < 4.78 is 0. The van der Waals surface area contributed by atoms with Crippen LogP contribution in [0.3, 0.4) is 0 Å². The topological polar surface area (TPSA) is 97.7 Å². The molecular formula is C22H26ClN7O2S. The molecule has 2 N–H and O–H groups in total. The molecule has 174 valence electrons. The molecule has 2 aromatic heterocycles. The standard InChI is InChI=1S/C22H26ClN7O2S/c1-14-5-4-6-17(23)21(14)30(27-22(32)18-12-24-13-33-18)20-11-19(25-15(2)26-20)29-9-7-28(8-10-29)16(3)31/h4-6,11-13,16,31H,7-10H2,1-3H3,(H,27,32). The number of benzene rings is 1. The van der Waals surface area contributed by atoms with Crippen molar-refractivity contribution < 1.29 is 9.90 Å². The minimum absolute atomic E-state index is 0.305. The van der Waals surface area contributed by atoms with Crippen LogP contribution in [0.15, 0.2) is 36.0 Å².